The Hall–Kier alpha value is -0.850. The van der Waals surface area contributed by atoms with Gasteiger partial charge in [0.25, 0.3) is 5.91 Å². The van der Waals surface area contributed by atoms with Crippen LogP contribution in [0.1, 0.15) is 0 Å². The van der Waals surface area contributed by atoms with Crippen molar-refractivity contribution in [3.63, 3.8) is 0 Å². The van der Waals surface area contributed by atoms with Crippen LogP contribution in [-0.2, 0) is 4.79 Å². The first-order valence-electron chi connectivity index (χ1n) is 4.38. The van der Waals surface area contributed by atoms with Crippen LogP contribution in [0.3, 0.4) is 0 Å². The number of carbonyl (C=O) groups is 1. The van der Waals surface area contributed by atoms with Gasteiger partial charge < -0.3 is 10.2 Å². The number of carbonyl (C=O) groups excluding carboxylic acids is 1. The van der Waals surface area contributed by atoms with Crippen molar-refractivity contribution in [3.8, 4) is 0 Å². The van der Waals surface area contributed by atoms with Gasteiger partial charge in [-0.05, 0) is 7.05 Å². The minimum Gasteiger partial charge on any atom is -0.356 e. The number of likely N-dealkylation sites (tertiary alicyclic amines) is 1. The maximum absolute atomic E-state index is 13.9. The van der Waals surface area contributed by atoms with Crippen molar-refractivity contribution in [1.29, 1.82) is 0 Å². The summed E-state index contributed by atoms with van der Waals surface area (Å²) in [5.74, 6) is -3.47. The summed E-state index contributed by atoms with van der Waals surface area (Å²) in [6.45, 7) is -1.02. The highest BCUT2D eigenvalue weighted by Crippen LogP contribution is 2.42. The fourth-order valence-corrected chi connectivity index (χ4v) is 1.82. The van der Waals surface area contributed by atoms with Gasteiger partial charge in [-0.3, -0.25) is 4.79 Å². The van der Waals surface area contributed by atoms with Gasteiger partial charge in [-0.15, -0.1) is 0 Å². The lowest BCUT2D eigenvalue weighted by Gasteiger charge is -2.26. The molecule has 0 aromatic rings. The van der Waals surface area contributed by atoms with Crippen LogP contribution >= 0.6 is 0 Å². The van der Waals surface area contributed by atoms with Gasteiger partial charge in [0.2, 0.25) is 5.67 Å². The molecule has 15 heavy (non-hydrogen) atoms. The molecule has 1 heterocycles. The minimum atomic E-state index is -4.70. The van der Waals surface area contributed by atoms with Crippen molar-refractivity contribution < 1.29 is 22.4 Å². The summed E-state index contributed by atoms with van der Waals surface area (Å²) in [5.41, 5.74) is -2.87. The molecule has 2 atom stereocenters. The zero-order valence-corrected chi connectivity index (χ0v) is 8.36. The van der Waals surface area contributed by atoms with Gasteiger partial charge in [0, 0.05) is 20.1 Å². The quantitative estimate of drug-likeness (QED) is 0.665. The molecule has 1 saturated heterocycles. The van der Waals surface area contributed by atoms with Crippen LogP contribution in [0.4, 0.5) is 17.6 Å². The normalized spacial score (nSPS) is 33.1. The van der Waals surface area contributed by atoms with Crippen LogP contribution in [0.25, 0.3) is 0 Å². The highest BCUT2D eigenvalue weighted by atomic mass is 19.4. The van der Waals surface area contributed by atoms with Gasteiger partial charge in [0.05, 0.1) is 0 Å². The Balaban J connectivity index is 3.00. The van der Waals surface area contributed by atoms with Crippen LogP contribution < -0.4 is 5.32 Å². The fraction of sp³-hybridized carbons (Fsp3) is 0.875. The van der Waals surface area contributed by atoms with Gasteiger partial charge in [-0.1, -0.05) is 0 Å². The predicted octanol–water partition coefficient (Wildman–Crippen LogP) is 0.565. The number of hydrogen-bond donors (Lipinski definition) is 1. The zero-order valence-electron chi connectivity index (χ0n) is 8.36. The molecule has 1 rings (SSSR count). The molecule has 2 unspecified atom stereocenters. The molecule has 0 saturated carbocycles. The van der Waals surface area contributed by atoms with Crippen molar-refractivity contribution in [2.45, 2.75) is 11.8 Å². The Morgan fingerprint density at radius 1 is 1.53 bits per heavy atom. The Labute approximate surface area is 84.4 Å². The Morgan fingerprint density at radius 2 is 2.07 bits per heavy atom. The summed E-state index contributed by atoms with van der Waals surface area (Å²) in [6.07, 6.45) is -4.70. The molecular weight excluding hydrogens is 216 g/mol. The zero-order chi connectivity index (χ0) is 11.9. The van der Waals surface area contributed by atoms with Crippen LogP contribution in [0.15, 0.2) is 0 Å². The maximum Gasteiger partial charge on any atom is 0.396 e. The van der Waals surface area contributed by atoms with Gasteiger partial charge in [0.15, 0.2) is 0 Å². The SMILES string of the molecule is CNC(=O)C1(F)CN(C)CC1C(F)(F)F. The summed E-state index contributed by atoms with van der Waals surface area (Å²) >= 11 is 0. The smallest absolute Gasteiger partial charge is 0.356 e. The van der Waals surface area contributed by atoms with E-state index in [1.807, 2.05) is 5.32 Å². The largest absolute Gasteiger partial charge is 0.396 e. The molecule has 0 aromatic carbocycles. The Kier molecular flexibility index (Phi) is 2.95. The van der Waals surface area contributed by atoms with E-state index in [2.05, 4.69) is 0 Å². The third kappa shape index (κ3) is 2.06. The second kappa shape index (κ2) is 3.62. The van der Waals surface area contributed by atoms with Crippen molar-refractivity contribution in [1.82, 2.24) is 10.2 Å². The van der Waals surface area contributed by atoms with E-state index in [0.29, 0.717) is 0 Å². The average molecular weight is 228 g/mol. The van der Waals surface area contributed by atoms with Crippen LogP contribution in [0.2, 0.25) is 0 Å². The van der Waals surface area contributed by atoms with E-state index in [1.54, 1.807) is 0 Å². The highest BCUT2D eigenvalue weighted by molar-refractivity contribution is 5.86. The predicted molar refractivity (Wildman–Crippen MR) is 44.9 cm³/mol. The number of alkyl halides is 4. The summed E-state index contributed by atoms with van der Waals surface area (Å²) in [5, 5.41) is 1.93. The molecule has 7 heteroatoms. The highest BCUT2D eigenvalue weighted by Gasteiger charge is 2.62. The number of nitrogens with one attached hydrogen (secondary N) is 1. The lowest BCUT2D eigenvalue weighted by atomic mass is 9.91. The van der Waals surface area contributed by atoms with E-state index in [0.717, 1.165) is 11.9 Å². The molecule has 1 aliphatic heterocycles. The monoisotopic (exact) mass is 228 g/mol. The molecule has 1 N–H and O–H groups in total. The molecule has 0 aliphatic carbocycles. The first-order chi connectivity index (χ1) is 6.71. The molecule has 0 bridgehead atoms. The molecule has 0 spiro atoms. The van der Waals surface area contributed by atoms with Crippen LogP contribution in [-0.4, -0.2) is 49.8 Å². The van der Waals surface area contributed by atoms with Crippen molar-refractivity contribution in [3.05, 3.63) is 0 Å². The Bertz CT molecular complexity index is 268. The fourth-order valence-electron chi connectivity index (χ4n) is 1.82. The summed E-state index contributed by atoms with van der Waals surface area (Å²) in [7, 11) is 2.47. The molecule has 88 valence electrons. The van der Waals surface area contributed by atoms with E-state index < -0.39 is 36.8 Å². The third-order valence-corrected chi connectivity index (χ3v) is 2.55. The van der Waals surface area contributed by atoms with Crippen LogP contribution in [0, 0.1) is 5.92 Å². The number of amides is 1. The number of hydrogen-bond acceptors (Lipinski definition) is 2. The maximum atomic E-state index is 13.9. The standard InChI is InChI=1S/C8H12F4N2O/c1-13-6(15)7(9)4-14(2)3-5(7)8(10,11)12/h5H,3-4H2,1-2H3,(H,13,15). The first kappa shape index (κ1) is 12.2. The topological polar surface area (TPSA) is 32.3 Å². The molecule has 0 aromatic heterocycles. The van der Waals surface area contributed by atoms with E-state index >= 15 is 0 Å². The number of rotatable bonds is 1. The van der Waals surface area contributed by atoms with Crippen LogP contribution in [0.5, 0.6) is 0 Å². The second-order valence-corrected chi connectivity index (χ2v) is 3.73. The lowest BCUT2D eigenvalue weighted by molar-refractivity contribution is -0.200. The molecule has 1 aliphatic rings. The number of nitrogens with zero attached hydrogens (tertiary/aromatic N) is 1. The van der Waals surface area contributed by atoms with Crippen molar-refractivity contribution >= 4 is 5.91 Å². The molecular formula is C8H12F4N2O. The molecule has 3 nitrogen and oxygen atoms in total. The van der Waals surface area contributed by atoms with E-state index in [-0.39, 0.29) is 0 Å². The summed E-state index contributed by atoms with van der Waals surface area (Å²) in [4.78, 5) is 12.3. The number of halogens is 4. The molecule has 0 radical (unpaired) electrons. The second-order valence-electron chi connectivity index (χ2n) is 3.73. The summed E-state index contributed by atoms with van der Waals surface area (Å²) in [6, 6.07) is 0. The lowest BCUT2D eigenvalue weighted by Crippen LogP contribution is -2.52. The Morgan fingerprint density at radius 3 is 2.47 bits per heavy atom. The van der Waals surface area contributed by atoms with Crippen molar-refractivity contribution in [2.75, 3.05) is 27.2 Å². The minimum absolute atomic E-state index is 0.493. The third-order valence-electron chi connectivity index (χ3n) is 2.55. The van der Waals surface area contributed by atoms with E-state index in [4.69, 9.17) is 0 Å². The summed E-state index contributed by atoms with van der Waals surface area (Å²) < 4.78 is 51.4. The van der Waals surface area contributed by atoms with Gasteiger partial charge in [-0.2, -0.15) is 13.2 Å². The van der Waals surface area contributed by atoms with E-state index in [9.17, 15) is 22.4 Å². The average Bonchev–Trinajstić information content (AvgIpc) is 2.41. The molecule has 1 amide bonds. The molecule has 1 fully saturated rings. The first-order valence-corrected chi connectivity index (χ1v) is 4.38. The van der Waals surface area contributed by atoms with Gasteiger partial charge in [-0.25, -0.2) is 4.39 Å². The van der Waals surface area contributed by atoms with E-state index in [1.165, 1.54) is 7.05 Å². The van der Waals surface area contributed by atoms with Crippen molar-refractivity contribution in [2.24, 2.45) is 5.92 Å². The van der Waals surface area contributed by atoms with Gasteiger partial charge >= 0.3 is 6.18 Å². The van der Waals surface area contributed by atoms with Gasteiger partial charge in [0.1, 0.15) is 5.92 Å².